The molecule has 12 heavy (non-hydrogen) atoms. The highest BCUT2D eigenvalue weighted by atomic mass is 32.2. The number of nitrogens with zero attached hydrogens (tertiary/aromatic N) is 2. The highest BCUT2D eigenvalue weighted by Gasteiger charge is 2.00. The Morgan fingerprint density at radius 2 is 2.25 bits per heavy atom. The van der Waals surface area contributed by atoms with Crippen molar-refractivity contribution in [3.8, 4) is 0 Å². The molecule has 0 bridgehead atoms. The number of rotatable bonds is 3. The molecule has 0 radical (unpaired) electrons. The zero-order valence-corrected chi connectivity index (χ0v) is 7.04. The molecule has 6 heteroatoms. The molecule has 0 aliphatic rings. The zero-order chi connectivity index (χ0) is 8.81. The van der Waals surface area contributed by atoms with Crippen LogP contribution in [0.2, 0.25) is 0 Å². The number of carbonyl (C=O) groups is 1. The minimum absolute atomic E-state index is 0.237. The van der Waals surface area contributed by atoms with Gasteiger partial charge in [-0.05, 0) is 6.07 Å². The predicted octanol–water partition coefficient (Wildman–Crippen LogP) is -0.441. The summed E-state index contributed by atoms with van der Waals surface area (Å²) in [5, 5.41) is 0.570. The van der Waals surface area contributed by atoms with Crippen LogP contribution < -0.4 is 11.3 Å². The van der Waals surface area contributed by atoms with Crippen LogP contribution in [0.5, 0.6) is 0 Å². The second kappa shape index (κ2) is 4.68. The largest absolute Gasteiger partial charge is 0.294 e. The average Bonchev–Trinajstić information content (AvgIpc) is 2.16. The molecule has 5 nitrogen and oxygen atoms in total. The summed E-state index contributed by atoms with van der Waals surface area (Å²) in [6, 6.07) is 1.72. The van der Waals surface area contributed by atoms with Crippen molar-refractivity contribution in [1.82, 2.24) is 15.4 Å². The molecule has 0 aliphatic carbocycles. The fraction of sp³-hybridized carbons (Fsp3) is 0.167. The van der Waals surface area contributed by atoms with Gasteiger partial charge in [-0.3, -0.25) is 10.2 Å². The number of hydrogen-bond donors (Lipinski definition) is 2. The molecule has 0 saturated heterocycles. The molecule has 0 aliphatic heterocycles. The fourth-order valence-electron chi connectivity index (χ4n) is 0.532. The first kappa shape index (κ1) is 8.95. The summed E-state index contributed by atoms with van der Waals surface area (Å²) in [4.78, 5) is 18.5. The minimum atomic E-state index is -0.243. The standard InChI is InChI=1S/C6H8N4OS/c7-10-5(11)4-12-6-8-2-1-3-9-6/h1-3H,4,7H2,(H,10,11). The monoisotopic (exact) mass is 184 g/mol. The van der Waals surface area contributed by atoms with Crippen LogP contribution in [0.25, 0.3) is 0 Å². The molecule has 0 spiro atoms. The topological polar surface area (TPSA) is 80.9 Å². The first-order valence-corrected chi connectivity index (χ1v) is 4.21. The lowest BCUT2D eigenvalue weighted by Crippen LogP contribution is -2.31. The van der Waals surface area contributed by atoms with E-state index in [1.54, 1.807) is 18.5 Å². The lowest BCUT2D eigenvalue weighted by molar-refractivity contribution is -0.118. The number of carbonyl (C=O) groups excluding carboxylic acids is 1. The van der Waals surface area contributed by atoms with Gasteiger partial charge in [0.2, 0.25) is 5.91 Å². The van der Waals surface area contributed by atoms with E-state index < -0.39 is 0 Å². The molecule has 1 rings (SSSR count). The molecule has 1 heterocycles. The average molecular weight is 184 g/mol. The quantitative estimate of drug-likeness (QED) is 0.219. The van der Waals surface area contributed by atoms with Crippen molar-refractivity contribution in [3.05, 3.63) is 18.5 Å². The van der Waals surface area contributed by atoms with E-state index in [9.17, 15) is 4.79 Å². The van der Waals surface area contributed by atoms with Crippen LogP contribution in [0.3, 0.4) is 0 Å². The van der Waals surface area contributed by atoms with Gasteiger partial charge in [0, 0.05) is 12.4 Å². The van der Waals surface area contributed by atoms with E-state index in [0.717, 1.165) is 0 Å². The Labute approximate surface area is 73.7 Å². The molecule has 64 valence electrons. The van der Waals surface area contributed by atoms with Crippen LogP contribution in [0.1, 0.15) is 0 Å². The van der Waals surface area contributed by atoms with E-state index in [1.165, 1.54) is 11.8 Å². The molecule has 1 aromatic heterocycles. The zero-order valence-electron chi connectivity index (χ0n) is 6.23. The van der Waals surface area contributed by atoms with Crippen molar-refractivity contribution in [2.45, 2.75) is 5.16 Å². The molecule has 0 unspecified atom stereocenters. The molecular weight excluding hydrogens is 176 g/mol. The van der Waals surface area contributed by atoms with Crippen LogP contribution in [0.4, 0.5) is 0 Å². The van der Waals surface area contributed by atoms with Crippen LogP contribution >= 0.6 is 11.8 Å². The van der Waals surface area contributed by atoms with Gasteiger partial charge in [0.25, 0.3) is 0 Å². The van der Waals surface area contributed by atoms with Gasteiger partial charge in [0.1, 0.15) is 0 Å². The molecule has 1 amide bonds. The van der Waals surface area contributed by atoms with Crippen LogP contribution in [-0.2, 0) is 4.79 Å². The summed E-state index contributed by atoms with van der Waals surface area (Å²) < 4.78 is 0. The maximum Gasteiger partial charge on any atom is 0.244 e. The first-order valence-electron chi connectivity index (χ1n) is 3.22. The summed E-state index contributed by atoms with van der Waals surface area (Å²) >= 11 is 1.24. The molecule has 0 aromatic carbocycles. The van der Waals surface area contributed by atoms with Crippen LogP contribution in [0, 0.1) is 0 Å². The Hall–Kier alpha value is -1.14. The molecule has 0 atom stereocenters. The van der Waals surface area contributed by atoms with E-state index in [1.807, 2.05) is 5.43 Å². The number of amides is 1. The maximum absolute atomic E-state index is 10.7. The Morgan fingerprint density at radius 1 is 1.58 bits per heavy atom. The lowest BCUT2D eigenvalue weighted by atomic mass is 10.7. The van der Waals surface area contributed by atoms with Crippen LogP contribution in [0.15, 0.2) is 23.6 Å². The third-order valence-electron chi connectivity index (χ3n) is 1.04. The smallest absolute Gasteiger partial charge is 0.244 e. The van der Waals surface area contributed by atoms with E-state index in [-0.39, 0.29) is 11.7 Å². The van der Waals surface area contributed by atoms with E-state index in [2.05, 4.69) is 9.97 Å². The van der Waals surface area contributed by atoms with Gasteiger partial charge < -0.3 is 0 Å². The Morgan fingerprint density at radius 3 is 2.83 bits per heavy atom. The molecule has 3 N–H and O–H groups in total. The van der Waals surface area contributed by atoms with Gasteiger partial charge in [-0.2, -0.15) is 0 Å². The van der Waals surface area contributed by atoms with Crippen LogP contribution in [-0.4, -0.2) is 21.6 Å². The molecule has 1 aromatic rings. The SMILES string of the molecule is NNC(=O)CSc1ncccn1. The lowest BCUT2D eigenvalue weighted by Gasteiger charge is -1.97. The van der Waals surface area contributed by atoms with Gasteiger partial charge in [-0.1, -0.05) is 11.8 Å². The summed E-state index contributed by atoms with van der Waals surface area (Å²) in [7, 11) is 0. The minimum Gasteiger partial charge on any atom is -0.294 e. The van der Waals surface area contributed by atoms with Crippen molar-refractivity contribution >= 4 is 17.7 Å². The van der Waals surface area contributed by atoms with E-state index in [0.29, 0.717) is 5.16 Å². The Bertz CT molecular complexity index is 253. The van der Waals surface area contributed by atoms with Crippen molar-refractivity contribution in [3.63, 3.8) is 0 Å². The number of hydrazine groups is 1. The summed E-state index contributed by atoms with van der Waals surface area (Å²) in [6.07, 6.45) is 3.24. The molecular formula is C6H8N4OS. The first-order chi connectivity index (χ1) is 5.83. The van der Waals surface area contributed by atoms with Gasteiger partial charge in [0.05, 0.1) is 5.75 Å². The number of nitrogens with two attached hydrogens (primary N) is 1. The second-order valence-electron chi connectivity index (χ2n) is 1.89. The number of aromatic nitrogens is 2. The van der Waals surface area contributed by atoms with Crippen molar-refractivity contribution in [2.75, 3.05) is 5.75 Å². The second-order valence-corrected chi connectivity index (χ2v) is 2.83. The summed E-state index contributed by atoms with van der Waals surface area (Å²) in [6.45, 7) is 0. The molecule has 0 saturated carbocycles. The number of thioether (sulfide) groups is 1. The van der Waals surface area contributed by atoms with Crippen molar-refractivity contribution in [2.24, 2.45) is 5.84 Å². The number of hydrogen-bond acceptors (Lipinski definition) is 5. The van der Waals surface area contributed by atoms with Gasteiger partial charge >= 0.3 is 0 Å². The predicted molar refractivity (Wildman–Crippen MR) is 45.1 cm³/mol. The Kier molecular flexibility index (Phi) is 3.49. The summed E-state index contributed by atoms with van der Waals surface area (Å²) in [5.74, 6) is 4.88. The van der Waals surface area contributed by atoms with Gasteiger partial charge in [-0.15, -0.1) is 0 Å². The van der Waals surface area contributed by atoms with Gasteiger partial charge in [0.15, 0.2) is 5.16 Å². The maximum atomic E-state index is 10.7. The highest BCUT2D eigenvalue weighted by molar-refractivity contribution is 7.99. The van der Waals surface area contributed by atoms with Crippen molar-refractivity contribution < 1.29 is 4.79 Å². The number of nitrogens with one attached hydrogen (secondary N) is 1. The third-order valence-corrected chi connectivity index (χ3v) is 1.91. The highest BCUT2D eigenvalue weighted by Crippen LogP contribution is 2.09. The third kappa shape index (κ3) is 2.85. The fourth-order valence-corrected chi connectivity index (χ4v) is 1.15. The van der Waals surface area contributed by atoms with Gasteiger partial charge in [-0.25, -0.2) is 15.8 Å². The normalized spacial score (nSPS) is 9.42. The van der Waals surface area contributed by atoms with E-state index >= 15 is 0 Å². The summed E-state index contributed by atoms with van der Waals surface area (Å²) in [5.41, 5.74) is 2.02. The van der Waals surface area contributed by atoms with Crippen molar-refractivity contribution in [1.29, 1.82) is 0 Å². The molecule has 0 fully saturated rings. The Balaban J connectivity index is 2.38. The van der Waals surface area contributed by atoms with E-state index in [4.69, 9.17) is 5.84 Å².